The van der Waals surface area contributed by atoms with Crippen molar-refractivity contribution >= 4 is 17.9 Å². The van der Waals surface area contributed by atoms with Crippen molar-refractivity contribution in [3.05, 3.63) is 33.9 Å². The van der Waals surface area contributed by atoms with E-state index in [1.165, 1.54) is 12.1 Å². The monoisotopic (exact) mass is 253 g/mol. The minimum absolute atomic E-state index is 0.123. The lowest BCUT2D eigenvalue weighted by Crippen LogP contribution is -2.26. The zero-order chi connectivity index (χ0) is 13.7. The molecule has 96 valence electrons. The Morgan fingerprint density at radius 2 is 2.28 bits per heavy atom. The van der Waals surface area contributed by atoms with Crippen LogP contribution in [0.15, 0.2) is 18.2 Å². The molecule has 0 aromatic heterocycles. The maximum absolute atomic E-state index is 10.8. The van der Waals surface area contributed by atoms with Gasteiger partial charge in [-0.15, -0.1) is 0 Å². The van der Waals surface area contributed by atoms with Crippen molar-refractivity contribution < 1.29 is 24.4 Å². The number of carboxylic acid groups (broad SMARTS) is 1. The highest BCUT2D eigenvalue weighted by atomic mass is 16.6. The van der Waals surface area contributed by atoms with E-state index in [1.807, 2.05) is 0 Å². The standard InChI is InChI=1S/C11H11NO6/c1-2-9(11(14)15)18-10-4-3-7(6-13)5-8(10)12(16)17/h3-6,9H,2H2,1H3,(H,14,15). The molecular weight excluding hydrogens is 242 g/mol. The Hall–Kier alpha value is -2.44. The van der Waals surface area contributed by atoms with E-state index in [0.29, 0.717) is 6.29 Å². The first-order valence-electron chi connectivity index (χ1n) is 5.12. The molecule has 1 aromatic rings. The molecule has 7 nitrogen and oxygen atoms in total. The second-order valence-corrected chi connectivity index (χ2v) is 3.46. The number of carbonyl (C=O) groups excluding carboxylic acids is 1. The molecule has 0 aliphatic rings. The van der Waals surface area contributed by atoms with E-state index in [-0.39, 0.29) is 17.7 Å². The van der Waals surface area contributed by atoms with Gasteiger partial charge in [-0.1, -0.05) is 6.92 Å². The van der Waals surface area contributed by atoms with Crippen LogP contribution in [0, 0.1) is 10.1 Å². The number of rotatable bonds is 6. The Bertz CT molecular complexity index is 484. The van der Waals surface area contributed by atoms with E-state index in [2.05, 4.69) is 0 Å². The van der Waals surface area contributed by atoms with Gasteiger partial charge in [0.05, 0.1) is 4.92 Å². The lowest BCUT2D eigenvalue weighted by Gasteiger charge is -2.13. The van der Waals surface area contributed by atoms with Crippen LogP contribution in [0.1, 0.15) is 23.7 Å². The summed E-state index contributed by atoms with van der Waals surface area (Å²) in [5.74, 6) is -1.37. The summed E-state index contributed by atoms with van der Waals surface area (Å²) in [6.45, 7) is 1.59. The van der Waals surface area contributed by atoms with Gasteiger partial charge in [-0.2, -0.15) is 0 Å². The summed E-state index contributed by atoms with van der Waals surface area (Å²) in [4.78, 5) is 31.4. The molecule has 18 heavy (non-hydrogen) atoms. The van der Waals surface area contributed by atoms with E-state index >= 15 is 0 Å². The first-order chi connectivity index (χ1) is 8.49. The number of aliphatic carboxylic acids is 1. The van der Waals surface area contributed by atoms with E-state index in [4.69, 9.17) is 9.84 Å². The molecule has 0 spiro atoms. The number of hydrogen-bond donors (Lipinski definition) is 1. The largest absolute Gasteiger partial charge is 0.479 e. The quantitative estimate of drug-likeness (QED) is 0.469. The summed E-state index contributed by atoms with van der Waals surface area (Å²) in [6, 6.07) is 3.58. The van der Waals surface area contributed by atoms with Gasteiger partial charge in [0.25, 0.3) is 0 Å². The molecule has 0 saturated heterocycles. The van der Waals surface area contributed by atoms with Gasteiger partial charge in [-0.3, -0.25) is 14.9 Å². The SMILES string of the molecule is CCC(Oc1ccc(C=O)cc1[N+](=O)[O-])C(=O)O. The smallest absolute Gasteiger partial charge is 0.344 e. The number of carboxylic acids is 1. The summed E-state index contributed by atoms with van der Waals surface area (Å²) in [5.41, 5.74) is -0.309. The van der Waals surface area contributed by atoms with Crippen molar-refractivity contribution in [1.29, 1.82) is 0 Å². The molecule has 0 aliphatic heterocycles. The van der Waals surface area contributed by atoms with Crippen LogP contribution in [0.3, 0.4) is 0 Å². The number of benzene rings is 1. The van der Waals surface area contributed by atoms with Crippen molar-refractivity contribution in [2.75, 3.05) is 0 Å². The molecule has 0 aliphatic carbocycles. The molecule has 0 bridgehead atoms. The summed E-state index contributed by atoms with van der Waals surface area (Å²) in [5, 5.41) is 19.6. The molecule has 0 saturated carbocycles. The molecule has 1 aromatic carbocycles. The normalized spacial score (nSPS) is 11.6. The van der Waals surface area contributed by atoms with E-state index in [0.717, 1.165) is 6.07 Å². The zero-order valence-electron chi connectivity index (χ0n) is 9.53. The fourth-order valence-electron chi connectivity index (χ4n) is 1.31. The van der Waals surface area contributed by atoms with Crippen LogP contribution in [-0.4, -0.2) is 28.4 Å². The zero-order valence-corrected chi connectivity index (χ0v) is 9.53. The maximum atomic E-state index is 10.8. The predicted octanol–water partition coefficient (Wildman–Crippen LogP) is 1.65. The van der Waals surface area contributed by atoms with Gasteiger partial charge < -0.3 is 9.84 Å². The summed E-state index contributed by atoms with van der Waals surface area (Å²) >= 11 is 0. The van der Waals surface area contributed by atoms with Gasteiger partial charge in [-0.05, 0) is 18.6 Å². The summed E-state index contributed by atoms with van der Waals surface area (Å²) in [7, 11) is 0. The number of nitrogens with zero attached hydrogens (tertiary/aromatic N) is 1. The maximum Gasteiger partial charge on any atom is 0.344 e. The highest BCUT2D eigenvalue weighted by molar-refractivity contribution is 5.77. The Kier molecular flexibility index (Phi) is 4.36. The van der Waals surface area contributed by atoms with Gasteiger partial charge in [0.2, 0.25) is 0 Å². The van der Waals surface area contributed by atoms with Crippen molar-refractivity contribution in [3.8, 4) is 5.75 Å². The number of carbonyl (C=O) groups is 2. The third-order valence-corrected chi connectivity index (χ3v) is 2.23. The van der Waals surface area contributed by atoms with E-state index < -0.39 is 22.7 Å². The number of nitro groups is 1. The van der Waals surface area contributed by atoms with Crippen molar-refractivity contribution in [1.82, 2.24) is 0 Å². The van der Waals surface area contributed by atoms with Crippen LogP contribution < -0.4 is 4.74 Å². The molecule has 0 radical (unpaired) electrons. The first kappa shape index (κ1) is 13.6. The van der Waals surface area contributed by atoms with Crippen LogP contribution in [-0.2, 0) is 4.79 Å². The number of hydrogen-bond acceptors (Lipinski definition) is 5. The second kappa shape index (κ2) is 5.76. The van der Waals surface area contributed by atoms with Gasteiger partial charge in [-0.25, -0.2) is 4.79 Å². The van der Waals surface area contributed by atoms with E-state index in [9.17, 15) is 19.7 Å². The highest BCUT2D eigenvalue weighted by Crippen LogP contribution is 2.28. The first-order valence-corrected chi connectivity index (χ1v) is 5.12. The average Bonchev–Trinajstić information content (AvgIpc) is 2.35. The number of ether oxygens (including phenoxy) is 1. The van der Waals surface area contributed by atoms with Crippen LogP contribution in [0.4, 0.5) is 5.69 Å². The third kappa shape index (κ3) is 3.03. The second-order valence-electron chi connectivity index (χ2n) is 3.46. The molecule has 1 atom stereocenters. The van der Waals surface area contributed by atoms with Crippen LogP contribution in [0.25, 0.3) is 0 Å². The van der Waals surface area contributed by atoms with Crippen LogP contribution in [0.5, 0.6) is 5.75 Å². The molecular formula is C11H11NO6. The average molecular weight is 253 g/mol. The Labute approximate surface area is 102 Å². The van der Waals surface area contributed by atoms with Gasteiger partial charge in [0.1, 0.15) is 6.29 Å². The third-order valence-electron chi connectivity index (χ3n) is 2.23. The van der Waals surface area contributed by atoms with Crippen molar-refractivity contribution in [2.45, 2.75) is 19.4 Å². The molecule has 1 unspecified atom stereocenters. The Morgan fingerprint density at radius 3 is 2.72 bits per heavy atom. The lowest BCUT2D eigenvalue weighted by molar-refractivity contribution is -0.386. The van der Waals surface area contributed by atoms with Gasteiger partial charge in [0, 0.05) is 11.6 Å². The van der Waals surface area contributed by atoms with Crippen LogP contribution in [0.2, 0.25) is 0 Å². The lowest BCUT2D eigenvalue weighted by atomic mass is 10.2. The topological polar surface area (TPSA) is 107 Å². The summed E-state index contributed by atoms with van der Waals surface area (Å²) in [6.07, 6.45) is -0.529. The van der Waals surface area contributed by atoms with Crippen LogP contribution >= 0.6 is 0 Å². The van der Waals surface area contributed by atoms with Gasteiger partial charge in [0.15, 0.2) is 11.9 Å². The predicted molar refractivity (Wildman–Crippen MR) is 60.8 cm³/mol. The van der Waals surface area contributed by atoms with Crippen molar-refractivity contribution in [3.63, 3.8) is 0 Å². The molecule has 0 heterocycles. The molecule has 7 heteroatoms. The molecule has 1 rings (SSSR count). The summed E-state index contributed by atoms with van der Waals surface area (Å²) < 4.78 is 5.06. The minimum atomic E-state index is -1.20. The molecule has 1 N–H and O–H groups in total. The fraction of sp³-hybridized carbons (Fsp3) is 0.273. The Morgan fingerprint density at radius 1 is 1.61 bits per heavy atom. The van der Waals surface area contributed by atoms with Crippen molar-refractivity contribution in [2.24, 2.45) is 0 Å². The minimum Gasteiger partial charge on any atom is -0.479 e. The molecule has 0 fully saturated rings. The van der Waals surface area contributed by atoms with Gasteiger partial charge >= 0.3 is 11.7 Å². The van der Waals surface area contributed by atoms with E-state index in [1.54, 1.807) is 6.92 Å². The number of nitro benzene ring substituents is 1. The fourth-order valence-corrected chi connectivity index (χ4v) is 1.31. The molecule has 0 amide bonds. The Balaban J connectivity index is 3.11. The highest BCUT2D eigenvalue weighted by Gasteiger charge is 2.23. The number of aldehydes is 1.